The first-order valence-corrected chi connectivity index (χ1v) is 5.81. The zero-order chi connectivity index (χ0) is 11.8. The Balaban J connectivity index is 2.52. The van der Waals surface area contributed by atoms with Gasteiger partial charge in [0.15, 0.2) is 0 Å². The molecule has 0 atom stereocenters. The summed E-state index contributed by atoms with van der Waals surface area (Å²) in [6.07, 6.45) is 1.01. The Morgan fingerprint density at radius 2 is 2.00 bits per heavy atom. The van der Waals surface area contributed by atoms with Crippen LogP contribution in [0, 0.1) is 0 Å². The van der Waals surface area contributed by atoms with Crippen molar-refractivity contribution in [2.75, 3.05) is 18.9 Å². The van der Waals surface area contributed by atoms with Crippen molar-refractivity contribution >= 4 is 5.82 Å². The van der Waals surface area contributed by atoms with Gasteiger partial charge in [-0.15, -0.1) is 0 Å². The first-order valence-electron chi connectivity index (χ1n) is 5.81. The van der Waals surface area contributed by atoms with Crippen molar-refractivity contribution in [3.63, 3.8) is 0 Å². The number of rotatable bonds is 1. The van der Waals surface area contributed by atoms with E-state index < -0.39 is 0 Å². The zero-order valence-corrected chi connectivity index (χ0v) is 10.5. The van der Waals surface area contributed by atoms with Crippen molar-refractivity contribution in [3.05, 3.63) is 17.1 Å². The van der Waals surface area contributed by atoms with Crippen LogP contribution in [0.15, 0.2) is 0 Å². The monoisotopic (exact) mass is 220 g/mol. The molecule has 1 aliphatic heterocycles. The van der Waals surface area contributed by atoms with Gasteiger partial charge in [-0.2, -0.15) is 0 Å². The summed E-state index contributed by atoms with van der Waals surface area (Å²) in [4.78, 5) is 9.31. The molecule has 0 saturated heterocycles. The highest BCUT2D eigenvalue weighted by Crippen LogP contribution is 2.25. The first kappa shape index (κ1) is 11.3. The Hall–Kier alpha value is -1.16. The number of nitrogens with one attached hydrogen (secondary N) is 2. The lowest BCUT2D eigenvalue weighted by atomic mass is 9.94. The van der Waals surface area contributed by atoms with Crippen LogP contribution in [0.2, 0.25) is 0 Å². The van der Waals surface area contributed by atoms with E-state index >= 15 is 0 Å². The summed E-state index contributed by atoms with van der Waals surface area (Å²) < 4.78 is 0. The van der Waals surface area contributed by atoms with Gasteiger partial charge in [-0.3, -0.25) is 0 Å². The summed E-state index contributed by atoms with van der Waals surface area (Å²) in [5.41, 5.74) is 2.42. The molecular weight excluding hydrogens is 200 g/mol. The predicted octanol–water partition coefficient (Wildman–Crippen LogP) is 1.46. The molecule has 0 spiro atoms. The van der Waals surface area contributed by atoms with E-state index in [1.807, 2.05) is 7.05 Å². The molecule has 4 heteroatoms. The van der Waals surface area contributed by atoms with Crippen molar-refractivity contribution in [1.82, 2.24) is 15.3 Å². The van der Waals surface area contributed by atoms with Crippen molar-refractivity contribution in [3.8, 4) is 0 Å². The topological polar surface area (TPSA) is 49.8 Å². The predicted molar refractivity (Wildman–Crippen MR) is 65.7 cm³/mol. The molecule has 16 heavy (non-hydrogen) atoms. The zero-order valence-electron chi connectivity index (χ0n) is 10.5. The summed E-state index contributed by atoms with van der Waals surface area (Å²) >= 11 is 0. The molecule has 2 N–H and O–H groups in total. The lowest BCUT2D eigenvalue weighted by Crippen LogP contribution is -2.28. The number of aromatic nitrogens is 2. The van der Waals surface area contributed by atoms with Crippen LogP contribution in [0.3, 0.4) is 0 Å². The van der Waals surface area contributed by atoms with Gasteiger partial charge in [0.1, 0.15) is 11.6 Å². The highest BCUT2D eigenvalue weighted by Gasteiger charge is 2.23. The number of nitrogens with zero attached hydrogens (tertiary/aromatic N) is 2. The molecule has 0 aromatic carbocycles. The fourth-order valence-corrected chi connectivity index (χ4v) is 1.90. The lowest BCUT2D eigenvalue weighted by Gasteiger charge is -2.24. The van der Waals surface area contributed by atoms with E-state index in [1.165, 1.54) is 5.56 Å². The van der Waals surface area contributed by atoms with Gasteiger partial charge in [0, 0.05) is 24.6 Å². The summed E-state index contributed by atoms with van der Waals surface area (Å²) in [6, 6.07) is 0. The van der Waals surface area contributed by atoms with Gasteiger partial charge in [-0.05, 0) is 13.0 Å². The minimum Gasteiger partial charge on any atom is -0.373 e. The molecule has 4 nitrogen and oxygen atoms in total. The lowest BCUT2D eigenvalue weighted by molar-refractivity contribution is 0.529. The van der Waals surface area contributed by atoms with Crippen LogP contribution in [0.4, 0.5) is 5.82 Å². The van der Waals surface area contributed by atoms with Crippen molar-refractivity contribution < 1.29 is 0 Å². The molecule has 0 saturated carbocycles. The molecule has 0 bridgehead atoms. The average Bonchev–Trinajstić information content (AvgIpc) is 2.26. The Morgan fingerprint density at radius 1 is 1.25 bits per heavy atom. The SMILES string of the molecule is CNc1nc(C(C)(C)C)nc2c1CCNC2. The van der Waals surface area contributed by atoms with Crippen molar-refractivity contribution in [1.29, 1.82) is 0 Å². The maximum absolute atomic E-state index is 4.68. The van der Waals surface area contributed by atoms with Gasteiger partial charge in [-0.25, -0.2) is 9.97 Å². The Bertz CT molecular complexity index is 375. The van der Waals surface area contributed by atoms with Crippen LogP contribution >= 0.6 is 0 Å². The second kappa shape index (κ2) is 4.01. The van der Waals surface area contributed by atoms with Gasteiger partial charge in [-0.1, -0.05) is 20.8 Å². The average molecular weight is 220 g/mol. The molecule has 1 aromatic heterocycles. The standard InChI is InChI=1S/C12H20N4/c1-12(2,3)11-15-9-7-14-6-5-8(9)10(13-4)16-11/h14H,5-7H2,1-4H3,(H,13,15,16). The smallest absolute Gasteiger partial charge is 0.136 e. The molecular formula is C12H20N4. The highest BCUT2D eigenvalue weighted by molar-refractivity contribution is 5.47. The molecule has 0 amide bonds. The second-order valence-electron chi connectivity index (χ2n) is 5.25. The number of hydrogen-bond donors (Lipinski definition) is 2. The Labute approximate surface area is 96.9 Å². The summed E-state index contributed by atoms with van der Waals surface area (Å²) in [5.74, 6) is 1.91. The van der Waals surface area contributed by atoms with E-state index in [2.05, 4.69) is 41.4 Å². The summed E-state index contributed by atoms with van der Waals surface area (Å²) in [7, 11) is 1.93. The third-order valence-electron chi connectivity index (χ3n) is 2.84. The number of anilines is 1. The van der Waals surface area contributed by atoms with E-state index in [-0.39, 0.29) is 5.41 Å². The van der Waals surface area contributed by atoms with E-state index in [0.717, 1.165) is 36.8 Å². The first-order chi connectivity index (χ1) is 7.52. The van der Waals surface area contributed by atoms with Crippen LogP contribution in [-0.2, 0) is 18.4 Å². The molecule has 0 radical (unpaired) electrons. The van der Waals surface area contributed by atoms with Crippen LogP contribution in [-0.4, -0.2) is 23.6 Å². The molecule has 2 rings (SSSR count). The van der Waals surface area contributed by atoms with Gasteiger partial charge in [0.2, 0.25) is 0 Å². The largest absolute Gasteiger partial charge is 0.373 e. The molecule has 0 unspecified atom stereocenters. The quantitative estimate of drug-likeness (QED) is 0.752. The Morgan fingerprint density at radius 3 is 2.62 bits per heavy atom. The van der Waals surface area contributed by atoms with E-state index in [1.54, 1.807) is 0 Å². The Kier molecular flexibility index (Phi) is 2.84. The summed E-state index contributed by atoms with van der Waals surface area (Å²) in [5, 5.41) is 6.54. The molecule has 0 fully saturated rings. The maximum atomic E-state index is 4.68. The van der Waals surface area contributed by atoms with Crippen LogP contribution < -0.4 is 10.6 Å². The fourth-order valence-electron chi connectivity index (χ4n) is 1.90. The van der Waals surface area contributed by atoms with Crippen LogP contribution in [0.5, 0.6) is 0 Å². The third-order valence-corrected chi connectivity index (χ3v) is 2.84. The molecule has 88 valence electrons. The number of hydrogen-bond acceptors (Lipinski definition) is 4. The van der Waals surface area contributed by atoms with Gasteiger partial charge in [0.05, 0.1) is 5.69 Å². The fraction of sp³-hybridized carbons (Fsp3) is 0.667. The molecule has 1 aliphatic rings. The highest BCUT2D eigenvalue weighted by atomic mass is 15.0. The normalized spacial score (nSPS) is 15.8. The number of fused-ring (bicyclic) bond motifs is 1. The van der Waals surface area contributed by atoms with E-state index in [9.17, 15) is 0 Å². The second-order valence-corrected chi connectivity index (χ2v) is 5.25. The molecule has 2 heterocycles. The van der Waals surface area contributed by atoms with Crippen molar-refractivity contribution in [2.24, 2.45) is 0 Å². The minimum absolute atomic E-state index is 0.00191. The third kappa shape index (κ3) is 2.02. The summed E-state index contributed by atoms with van der Waals surface area (Å²) in [6.45, 7) is 8.30. The van der Waals surface area contributed by atoms with Crippen LogP contribution in [0.1, 0.15) is 37.9 Å². The van der Waals surface area contributed by atoms with Gasteiger partial charge in [0.25, 0.3) is 0 Å². The van der Waals surface area contributed by atoms with Crippen LogP contribution in [0.25, 0.3) is 0 Å². The van der Waals surface area contributed by atoms with Gasteiger partial charge >= 0.3 is 0 Å². The van der Waals surface area contributed by atoms with Crippen molar-refractivity contribution in [2.45, 2.75) is 39.2 Å². The molecule has 1 aromatic rings. The molecule has 0 aliphatic carbocycles. The van der Waals surface area contributed by atoms with E-state index in [4.69, 9.17) is 0 Å². The maximum Gasteiger partial charge on any atom is 0.136 e. The van der Waals surface area contributed by atoms with Gasteiger partial charge < -0.3 is 10.6 Å². The van der Waals surface area contributed by atoms with E-state index in [0.29, 0.717) is 0 Å². The minimum atomic E-state index is -0.00191.